The van der Waals surface area contributed by atoms with Crippen LogP contribution in [0, 0.1) is 0 Å². The van der Waals surface area contributed by atoms with Crippen LogP contribution in [0.4, 0.5) is 0 Å². The Labute approximate surface area is 154 Å². The summed E-state index contributed by atoms with van der Waals surface area (Å²) in [5, 5.41) is 2.49. The summed E-state index contributed by atoms with van der Waals surface area (Å²) in [5.74, 6) is -1.07. The van der Waals surface area contributed by atoms with Gasteiger partial charge in [-0.2, -0.15) is 0 Å². The van der Waals surface area contributed by atoms with Crippen LogP contribution in [0.25, 0.3) is 0 Å². The number of thiocarbonyl (C=S) groups is 1. The molecule has 2 unspecified atom stereocenters. The summed E-state index contributed by atoms with van der Waals surface area (Å²) >= 11 is 4.94. The highest BCUT2D eigenvalue weighted by Gasteiger charge is 2.25. The molecule has 8 heteroatoms. The number of primary amides is 1. The van der Waals surface area contributed by atoms with E-state index in [1.165, 1.54) is 12.0 Å². The predicted octanol–water partition coefficient (Wildman–Crippen LogP) is -0.475. The molecule has 1 fully saturated rings. The number of carbonyl (C=O) groups excluding carboxylic acids is 2. The largest absolute Gasteiger partial charge is 0.368 e. The standard InChI is InChI=1S/C17H27N5O2S/c1-21(2)13-7-8-22(10-13)9-11-3-5-12(6-4-11)16(24)20-17(25)14(18)15(19)23/h3,5,13-14H,4,6-10,18H2,1-2H3,(H2,19,23)(H,20,24,25). The van der Waals surface area contributed by atoms with Gasteiger partial charge in [-0.1, -0.05) is 29.9 Å². The van der Waals surface area contributed by atoms with Crippen molar-refractivity contribution >= 4 is 29.0 Å². The van der Waals surface area contributed by atoms with Crippen LogP contribution in [0.2, 0.25) is 0 Å². The molecule has 0 bridgehead atoms. The van der Waals surface area contributed by atoms with Crippen LogP contribution in [0.5, 0.6) is 0 Å². The Morgan fingerprint density at radius 1 is 1.40 bits per heavy atom. The third kappa shape index (κ3) is 5.43. The maximum absolute atomic E-state index is 12.2. The highest BCUT2D eigenvalue weighted by atomic mass is 32.1. The second-order valence-corrected chi connectivity index (χ2v) is 7.30. The molecular weight excluding hydrogens is 338 g/mol. The van der Waals surface area contributed by atoms with Gasteiger partial charge in [0.25, 0.3) is 5.91 Å². The van der Waals surface area contributed by atoms with E-state index in [1.807, 2.05) is 12.2 Å². The molecule has 0 aromatic heterocycles. The van der Waals surface area contributed by atoms with Gasteiger partial charge in [0.05, 0.1) is 0 Å². The summed E-state index contributed by atoms with van der Waals surface area (Å²) in [4.78, 5) is 27.9. The van der Waals surface area contributed by atoms with Crippen LogP contribution in [0.15, 0.2) is 23.3 Å². The Hall–Kier alpha value is -1.61. The van der Waals surface area contributed by atoms with Crippen molar-refractivity contribution in [2.45, 2.75) is 31.3 Å². The van der Waals surface area contributed by atoms with E-state index in [2.05, 4.69) is 29.2 Å². The number of likely N-dealkylation sites (tertiary alicyclic amines) is 1. The van der Waals surface area contributed by atoms with Crippen molar-refractivity contribution in [1.82, 2.24) is 15.1 Å². The fourth-order valence-electron chi connectivity index (χ4n) is 3.06. The van der Waals surface area contributed by atoms with Crippen LogP contribution in [-0.4, -0.2) is 72.4 Å². The SMILES string of the molecule is CN(C)C1CCN(CC2=CC=C(C(=O)NC(=S)C(N)C(N)=O)CC2)C1. The predicted molar refractivity (Wildman–Crippen MR) is 102 cm³/mol. The molecule has 1 aliphatic heterocycles. The lowest BCUT2D eigenvalue weighted by Gasteiger charge is -2.22. The summed E-state index contributed by atoms with van der Waals surface area (Å²) in [7, 11) is 4.24. The van der Waals surface area contributed by atoms with Gasteiger partial charge in [0.2, 0.25) is 5.91 Å². The lowest BCUT2D eigenvalue weighted by molar-refractivity contribution is -0.117. The zero-order valence-corrected chi connectivity index (χ0v) is 15.6. The van der Waals surface area contributed by atoms with Crippen LogP contribution in [-0.2, 0) is 9.59 Å². The van der Waals surface area contributed by atoms with E-state index in [-0.39, 0.29) is 10.9 Å². The molecule has 1 heterocycles. The van der Waals surface area contributed by atoms with Crippen molar-refractivity contribution < 1.29 is 9.59 Å². The second-order valence-electron chi connectivity index (χ2n) is 6.86. The molecule has 0 radical (unpaired) electrons. The summed E-state index contributed by atoms with van der Waals surface area (Å²) in [6.07, 6.45) is 6.53. The van der Waals surface area contributed by atoms with Gasteiger partial charge in [0.1, 0.15) is 11.0 Å². The zero-order valence-electron chi connectivity index (χ0n) is 14.8. The molecule has 2 rings (SSSR count). The monoisotopic (exact) mass is 365 g/mol. The van der Waals surface area contributed by atoms with Crippen LogP contribution in [0.3, 0.4) is 0 Å². The lowest BCUT2D eigenvalue weighted by Crippen LogP contribution is -2.49. The molecule has 1 aliphatic carbocycles. The smallest absolute Gasteiger partial charge is 0.252 e. The number of likely N-dealkylation sites (N-methyl/N-ethyl adjacent to an activating group) is 1. The first-order valence-electron chi connectivity index (χ1n) is 8.45. The molecule has 0 aromatic rings. The van der Waals surface area contributed by atoms with Gasteiger partial charge >= 0.3 is 0 Å². The molecule has 0 aromatic carbocycles. The first-order chi connectivity index (χ1) is 11.8. The summed E-state index contributed by atoms with van der Waals surface area (Å²) in [6.45, 7) is 3.14. The molecule has 0 spiro atoms. The Morgan fingerprint density at radius 2 is 2.12 bits per heavy atom. The van der Waals surface area contributed by atoms with Gasteiger partial charge < -0.3 is 21.7 Å². The van der Waals surface area contributed by atoms with E-state index in [4.69, 9.17) is 23.7 Å². The maximum atomic E-state index is 12.2. The van der Waals surface area contributed by atoms with E-state index < -0.39 is 11.9 Å². The van der Waals surface area contributed by atoms with E-state index >= 15 is 0 Å². The summed E-state index contributed by atoms with van der Waals surface area (Å²) < 4.78 is 0. The van der Waals surface area contributed by atoms with Crippen molar-refractivity contribution in [3.8, 4) is 0 Å². The lowest BCUT2D eigenvalue weighted by atomic mass is 9.97. The van der Waals surface area contributed by atoms with Gasteiger partial charge in [-0.25, -0.2) is 0 Å². The Morgan fingerprint density at radius 3 is 2.64 bits per heavy atom. The summed E-state index contributed by atoms with van der Waals surface area (Å²) in [5.41, 5.74) is 12.6. The van der Waals surface area contributed by atoms with Gasteiger partial charge in [0, 0.05) is 31.2 Å². The topological polar surface area (TPSA) is 105 Å². The fraction of sp³-hybridized carbons (Fsp3) is 0.588. The van der Waals surface area contributed by atoms with E-state index in [0.717, 1.165) is 26.1 Å². The normalized spacial score (nSPS) is 22.3. The number of nitrogens with two attached hydrogens (primary N) is 2. The Kier molecular flexibility index (Phi) is 6.83. The van der Waals surface area contributed by atoms with Gasteiger partial charge in [-0.3, -0.25) is 14.5 Å². The highest BCUT2D eigenvalue weighted by molar-refractivity contribution is 7.80. The molecule has 25 heavy (non-hydrogen) atoms. The minimum Gasteiger partial charge on any atom is -0.368 e. The molecule has 7 nitrogen and oxygen atoms in total. The number of allylic oxidation sites excluding steroid dienone is 2. The van der Waals surface area contributed by atoms with E-state index in [1.54, 1.807) is 0 Å². The van der Waals surface area contributed by atoms with Crippen LogP contribution >= 0.6 is 12.2 Å². The average Bonchev–Trinajstić information content (AvgIpc) is 3.03. The first kappa shape index (κ1) is 19.7. The quantitative estimate of drug-likeness (QED) is 0.550. The second kappa shape index (κ2) is 8.66. The number of hydrogen-bond donors (Lipinski definition) is 3. The molecule has 2 aliphatic rings. The number of hydrogen-bond acceptors (Lipinski definition) is 6. The summed E-state index contributed by atoms with van der Waals surface area (Å²) in [6, 6.07) is -0.523. The van der Waals surface area contributed by atoms with Crippen molar-refractivity contribution in [1.29, 1.82) is 0 Å². The number of carbonyl (C=O) groups is 2. The minimum atomic E-state index is -1.14. The molecule has 0 saturated carbocycles. The number of nitrogens with one attached hydrogen (secondary N) is 1. The highest BCUT2D eigenvalue weighted by Crippen LogP contribution is 2.22. The molecule has 5 N–H and O–H groups in total. The van der Waals surface area contributed by atoms with Gasteiger partial charge in [0.15, 0.2) is 0 Å². The molecule has 1 saturated heterocycles. The maximum Gasteiger partial charge on any atom is 0.252 e. The zero-order chi connectivity index (χ0) is 18.6. The Bertz CT molecular complexity index is 614. The Balaban J connectivity index is 1.87. The molecular formula is C17H27N5O2S. The molecule has 2 atom stereocenters. The number of nitrogens with zero attached hydrogens (tertiary/aromatic N) is 2. The van der Waals surface area contributed by atoms with Crippen molar-refractivity contribution in [2.75, 3.05) is 33.7 Å². The third-order valence-corrected chi connectivity index (χ3v) is 5.11. The molecule has 138 valence electrons. The number of rotatable bonds is 6. The van der Waals surface area contributed by atoms with Gasteiger partial charge in [-0.15, -0.1) is 0 Å². The van der Waals surface area contributed by atoms with E-state index in [0.29, 0.717) is 18.0 Å². The average molecular weight is 366 g/mol. The van der Waals surface area contributed by atoms with Crippen molar-refractivity contribution in [3.63, 3.8) is 0 Å². The van der Waals surface area contributed by atoms with Crippen LogP contribution < -0.4 is 16.8 Å². The van der Waals surface area contributed by atoms with Crippen molar-refractivity contribution in [3.05, 3.63) is 23.3 Å². The minimum absolute atomic E-state index is 0.0417. The number of amides is 2. The fourth-order valence-corrected chi connectivity index (χ4v) is 3.27. The van der Waals surface area contributed by atoms with Gasteiger partial charge in [-0.05, 0) is 33.4 Å². The first-order valence-corrected chi connectivity index (χ1v) is 8.86. The van der Waals surface area contributed by atoms with E-state index in [9.17, 15) is 9.59 Å². The van der Waals surface area contributed by atoms with Crippen LogP contribution in [0.1, 0.15) is 19.3 Å². The molecule has 2 amide bonds. The third-order valence-electron chi connectivity index (χ3n) is 4.76. The van der Waals surface area contributed by atoms with Crippen molar-refractivity contribution in [2.24, 2.45) is 11.5 Å².